The number of hydrogen-bond donors (Lipinski definition) is 2. The third-order valence-electron chi connectivity index (χ3n) is 4.25. The number of benzene rings is 1. The van der Waals surface area contributed by atoms with Crippen LogP contribution >= 0.6 is 22.6 Å². The Labute approximate surface area is 125 Å². The second-order valence-corrected chi connectivity index (χ2v) is 6.82. The molecule has 0 atom stereocenters. The van der Waals surface area contributed by atoms with Gasteiger partial charge in [-0.25, -0.2) is 4.39 Å². The van der Waals surface area contributed by atoms with E-state index in [2.05, 4.69) is 17.6 Å². The second kappa shape index (κ2) is 4.61. The summed E-state index contributed by atoms with van der Waals surface area (Å²) >= 11 is 1.93. The molecule has 2 aliphatic rings. The molecule has 3 nitrogen and oxygen atoms in total. The van der Waals surface area contributed by atoms with E-state index in [1.165, 1.54) is 6.07 Å². The molecule has 19 heavy (non-hydrogen) atoms. The van der Waals surface area contributed by atoms with Crippen molar-refractivity contribution in [1.29, 1.82) is 0 Å². The van der Waals surface area contributed by atoms with Crippen molar-refractivity contribution >= 4 is 39.9 Å². The average molecular weight is 374 g/mol. The molecule has 0 radical (unpaired) electrons. The van der Waals surface area contributed by atoms with Gasteiger partial charge in [-0.3, -0.25) is 4.79 Å². The molecule has 0 aromatic heterocycles. The average Bonchev–Trinajstić information content (AvgIpc) is 2.37. The molecule has 1 heterocycles. The van der Waals surface area contributed by atoms with Crippen LogP contribution in [0.3, 0.4) is 0 Å². The van der Waals surface area contributed by atoms with Crippen LogP contribution < -0.4 is 10.6 Å². The molecular weight excluding hydrogens is 358 g/mol. The fourth-order valence-electron chi connectivity index (χ4n) is 2.92. The van der Waals surface area contributed by atoms with Crippen LogP contribution in [0.2, 0.25) is 0 Å². The summed E-state index contributed by atoms with van der Waals surface area (Å²) in [4.78, 5) is 12.4. The number of halogens is 2. The number of carbonyl (C=O) groups is 1. The summed E-state index contributed by atoms with van der Waals surface area (Å²) in [5.74, 6) is 0.437. The molecule has 1 aromatic carbocycles. The SMILES string of the molecule is CC1CCC2(CC1)Nc1cc(F)c(I)cc1NC2=O. The van der Waals surface area contributed by atoms with Crippen molar-refractivity contribution in [1.82, 2.24) is 0 Å². The Hall–Kier alpha value is -0.850. The Morgan fingerprint density at radius 2 is 2.00 bits per heavy atom. The minimum atomic E-state index is -0.543. The molecule has 0 bridgehead atoms. The number of fused-ring (bicyclic) bond motifs is 1. The van der Waals surface area contributed by atoms with Gasteiger partial charge in [0, 0.05) is 6.07 Å². The molecule has 0 unspecified atom stereocenters. The molecule has 0 saturated heterocycles. The molecule has 1 aromatic rings. The molecule has 5 heteroatoms. The third-order valence-corrected chi connectivity index (χ3v) is 5.07. The molecule has 1 saturated carbocycles. The van der Waals surface area contributed by atoms with Gasteiger partial charge in [-0.2, -0.15) is 0 Å². The van der Waals surface area contributed by atoms with E-state index in [4.69, 9.17) is 0 Å². The van der Waals surface area contributed by atoms with Crippen LogP contribution in [0.1, 0.15) is 32.6 Å². The lowest BCUT2D eigenvalue weighted by Crippen LogP contribution is -2.54. The third kappa shape index (κ3) is 2.22. The van der Waals surface area contributed by atoms with Crippen molar-refractivity contribution in [2.24, 2.45) is 5.92 Å². The zero-order valence-electron chi connectivity index (χ0n) is 10.7. The van der Waals surface area contributed by atoms with E-state index in [9.17, 15) is 9.18 Å². The van der Waals surface area contributed by atoms with Crippen molar-refractivity contribution in [2.45, 2.75) is 38.1 Å². The molecule has 102 valence electrons. The van der Waals surface area contributed by atoms with E-state index in [0.717, 1.165) is 25.7 Å². The van der Waals surface area contributed by atoms with Gasteiger partial charge in [-0.15, -0.1) is 0 Å². The van der Waals surface area contributed by atoms with Gasteiger partial charge in [0.05, 0.1) is 14.9 Å². The monoisotopic (exact) mass is 374 g/mol. The van der Waals surface area contributed by atoms with Crippen LogP contribution in [0.4, 0.5) is 15.8 Å². The fourth-order valence-corrected chi connectivity index (χ4v) is 3.38. The Morgan fingerprint density at radius 1 is 1.32 bits per heavy atom. The van der Waals surface area contributed by atoms with Gasteiger partial charge < -0.3 is 10.6 Å². The first-order valence-electron chi connectivity index (χ1n) is 6.59. The van der Waals surface area contributed by atoms with Crippen LogP contribution in [-0.2, 0) is 4.79 Å². The fraction of sp³-hybridized carbons (Fsp3) is 0.500. The Bertz CT molecular complexity index is 538. The van der Waals surface area contributed by atoms with Crippen LogP contribution in [-0.4, -0.2) is 11.4 Å². The van der Waals surface area contributed by atoms with Crippen molar-refractivity contribution in [2.75, 3.05) is 10.6 Å². The zero-order chi connectivity index (χ0) is 13.6. The van der Waals surface area contributed by atoms with Crippen molar-refractivity contribution in [3.8, 4) is 0 Å². The number of anilines is 2. The summed E-state index contributed by atoms with van der Waals surface area (Å²) in [7, 11) is 0. The lowest BCUT2D eigenvalue weighted by atomic mass is 9.75. The van der Waals surface area contributed by atoms with Crippen LogP contribution in [0.15, 0.2) is 12.1 Å². The Kier molecular flexibility index (Phi) is 3.19. The van der Waals surface area contributed by atoms with Crippen molar-refractivity contribution in [3.05, 3.63) is 21.5 Å². The van der Waals surface area contributed by atoms with Crippen molar-refractivity contribution in [3.63, 3.8) is 0 Å². The van der Waals surface area contributed by atoms with E-state index < -0.39 is 5.54 Å². The highest BCUT2D eigenvalue weighted by atomic mass is 127. The molecule has 2 N–H and O–H groups in total. The molecule has 1 fully saturated rings. The lowest BCUT2D eigenvalue weighted by molar-refractivity contribution is -0.121. The van der Waals surface area contributed by atoms with E-state index in [1.54, 1.807) is 6.07 Å². The van der Waals surface area contributed by atoms with Gasteiger partial charge in [0.2, 0.25) is 5.91 Å². The Morgan fingerprint density at radius 3 is 2.68 bits per heavy atom. The lowest BCUT2D eigenvalue weighted by Gasteiger charge is -2.42. The quantitative estimate of drug-likeness (QED) is 0.680. The summed E-state index contributed by atoms with van der Waals surface area (Å²) in [5, 5.41) is 6.23. The summed E-state index contributed by atoms with van der Waals surface area (Å²) in [6, 6.07) is 3.16. The number of hydrogen-bond acceptors (Lipinski definition) is 2. The maximum Gasteiger partial charge on any atom is 0.250 e. The van der Waals surface area contributed by atoms with Crippen LogP contribution in [0.25, 0.3) is 0 Å². The van der Waals surface area contributed by atoms with Gasteiger partial charge in [0.1, 0.15) is 11.4 Å². The maximum absolute atomic E-state index is 13.7. The summed E-state index contributed by atoms with van der Waals surface area (Å²) in [6.45, 7) is 2.21. The van der Waals surface area contributed by atoms with Gasteiger partial charge in [0.15, 0.2) is 0 Å². The van der Waals surface area contributed by atoms with E-state index in [0.29, 0.717) is 20.9 Å². The summed E-state index contributed by atoms with van der Waals surface area (Å²) < 4.78 is 14.2. The first-order chi connectivity index (χ1) is 9.00. The minimum Gasteiger partial charge on any atom is -0.369 e. The first kappa shape index (κ1) is 13.1. The number of amides is 1. The number of carbonyl (C=O) groups excluding carboxylic acids is 1. The van der Waals surface area contributed by atoms with Gasteiger partial charge in [-0.1, -0.05) is 6.92 Å². The smallest absolute Gasteiger partial charge is 0.250 e. The van der Waals surface area contributed by atoms with Gasteiger partial charge in [-0.05, 0) is 60.3 Å². The molecular formula is C14H16FIN2O. The largest absolute Gasteiger partial charge is 0.369 e. The number of nitrogens with one attached hydrogen (secondary N) is 2. The zero-order valence-corrected chi connectivity index (χ0v) is 12.9. The summed E-state index contributed by atoms with van der Waals surface area (Å²) in [5.41, 5.74) is 0.839. The molecule has 1 amide bonds. The highest BCUT2D eigenvalue weighted by Crippen LogP contribution is 2.41. The first-order valence-corrected chi connectivity index (χ1v) is 7.67. The number of rotatable bonds is 0. The maximum atomic E-state index is 13.7. The normalized spacial score (nSPS) is 29.6. The molecule has 1 spiro atoms. The predicted molar refractivity (Wildman–Crippen MR) is 81.7 cm³/mol. The van der Waals surface area contributed by atoms with E-state index in [1.807, 2.05) is 22.6 Å². The predicted octanol–water partition coefficient (Wildman–Crippen LogP) is 3.74. The van der Waals surface area contributed by atoms with Gasteiger partial charge >= 0.3 is 0 Å². The van der Waals surface area contributed by atoms with Crippen LogP contribution in [0.5, 0.6) is 0 Å². The van der Waals surface area contributed by atoms with E-state index in [-0.39, 0.29) is 11.7 Å². The van der Waals surface area contributed by atoms with E-state index >= 15 is 0 Å². The highest BCUT2D eigenvalue weighted by molar-refractivity contribution is 14.1. The molecule has 1 aliphatic carbocycles. The summed E-state index contributed by atoms with van der Waals surface area (Å²) in [6.07, 6.45) is 3.69. The van der Waals surface area contributed by atoms with Gasteiger partial charge in [0.25, 0.3) is 0 Å². The highest BCUT2D eigenvalue weighted by Gasteiger charge is 2.44. The topological polar surface area (TPSA) is 41.1 Å². The van der Waals surface area contributed by atoms with Crippen molar-refractivity contribution < 1.29 is 9.18 Å². The standard InChI is InChI=1S/C14H16FIN2O/c1-8-2-4-14(5-3-8)13(19)17-11-7-10(16)9(15)6-12(11)18-14/h6-8,18H,2-5H2,1H3,(H,17,19). The Balaban J connectivity index is 1.95. The van der Waals surface area contributed by atoms with Crippen LogP contribution in [0, 0.1) is 15.3 Å². The minimum absolute atomic E-state index is 0.0225. The second-order valence-electron chi connectivity index (χ2n) is 5.66. The molecule has 1 aliphatic heterocycles. The molecule has 3 rings (SSSR count).